The van der Waals surface area contributed by atoms with Crippen molar-refractivity contribution in [2.75, 3.05) is 48.9 Å². The first-order chi connectivity index (χ1) is 15.6. The van der Waals surface area contributed by atoms with Crippen LogP contribution >= 0.6 is 11.8 Å². The van der Waals surface area contributed by atoms with Crippen molar-refractivity contribution in [3.63, 3.8) is 0 Å². The van der Waals surface area contributed by atoms with Crippen molar-refractivity contribution in [2.24, 2.45) is 0 Å². The van der Waals surface area contributed by atoms with Crippen LogP contribution in [0.4, 0.5) is 24.5 Å². The van der Waals surface area contributed by atoms with Gasteiger partial charge >= 0.3 is 12.1 Å². The Morgan fingerprint density at radius 3 is 2.45 bits per heavy atom. The minimum atomic E-state index is -4.57. The summed E-state index contributed by atoms with van der Waals surface area (Å²) in [6, 6.07) is 4.95. The van der Waals surface area contributed by atoms with Crippen LogP contribution in [0.15, 0.2) is 29.4 Å². The highest BCUT2D eigenvalue weighted by Crippen LogP contribution is 2.35. The molecule has 0 spiro atoms. The van der Waals surface area contributed by atoms with Crippen molar-refractivity contribution in [2.45, 2.75) is 25.2 Å². The summed E-state index contributed by atoms with van der Waals surface area (Å²) in [6.07, 6.45) is -4.57. The summed E-state index contributed by atoms with van der Waals surface area (Å²) in [5.41, 5.74) is 1.06. The molecule has 0 aliphatic carbocycles. The SMILES string of the molecule is Cc1cc(C)nc(SCC(=O)OCC(=O)Nc2cc(C(F)(F)F)ccc2N2CCOCC2)n1. The number of nitrogens with zero attached hydrogens (tertiary/aromatic N) is 3. The van der Waals surface area contributed by atoms with Crippen LogP contribution in [-0.2, 0) is 25.2 Å². The normalized spacial score (nSPS) is 14.2. The van der Waals surface area contributed by atoms with Crippen molar-refractivity contribution in [1.29, 1.82) is 0 Å². The van der Waals surface area contributed by atoms with Crippen LogP contribution in [0.3, 0.4) is 0 Å². The summed E-state index contributed by atoms with van der Waals surface area (Å²) in [5.74, 6) is -1.53. The number of carbonyl (C=O) groups excluding carboxylic acids is 2. The molecule has 0 bridgehead atoms. The van der Waals surface area contributed by atoms with Gasteiger partial charge < -0.3 is 19.7 Å². The van der Waals surface area contributed by atoms with Crippen LogP contribution in [0, 0.1) is 13.8 Å². The molecule has 1 aliphatic heterocycles. The van der Waals surface area contributed by atoms with E-state index in [9.17, 15) is 22.8 Å². The Morgan fingerprint density at radius 1 is 1.15 bits per heavy atom. The topological polar surface area (TPSA) is 93.6 Å². The molecule has 8 nitrogen and oxygen atoms in total. The summed E-state index contributed by atoms with van der Waals surface area (Å²) in [7, 11) is 0. The molecule has 0 radical (unpaired) electrons. The van der Waals surface area contributed by atoms with E-state index in [0.717, 1.165) is 35.3 Å². The van der Waals surface area contributed by atoms with Gasteiger partial charge in [-0.3, -0.25) is 9.59 Å². The van der Waals surface area contributed by atoms with Gasteiger partial charge in [-0.25, -0.2) is 9.97 Å². The minimum Gasteiger partial charge on any atom is -0.455 e. The van der Waals surface area contributed by atoms with Crippen molar-refractivity contribution in [3.8, 4) is 0 Å². The number of hydrogen-bond donors (Lipinski definition) is 1. The standard InChI is InChI=1S/C21H23F3N4O4S/c1-13-9-14(2)26-20(25-13)33-12-19(30)32-11-18(29)27-16-10-15(21(22,23)24)3-4-17(16)28-5-7-31-8-6-28/h3-4,9-10H,5-8,11-12H2,1-2H3,(H,27,29). The zero-order valence-electron chi connectivity index (χ0n) is 18.1. The number of nitrogens with one attached hydrogen (secondary N) is 1. The quantitative estimate of drug-likeness (QED) is 0.364. The monoisotopic (exact) mass is 484 g/mol. The molecule has 3 rings (SSSR count). The number of aromatic nitrogens is 2. The lowest BCUT2D eigenvalue weighted by Gasteiger charge is -2.31. The first-order valence-electron chi connectivity index (χ1n) is 10.1. The van der Waals surface area contributed by atoms with Gasteiger partial charge in [-0.2, -0.15) is 13.2 Å². The third-order valence-corrected chi connectivity index (χ3v) is 5.42. The molecule has 33 heavy (non-hydrogen) atoms. The van der Waals surface area contributed by atoms with Gasteiger partial charge in [0.05, 0.1) is 35.9 Å². The van der Waals surface area contributed by atoms with Gasteiger partial charge in [-0.05, 0) is 38.1 Å². The Morgan fingerprint density at radius 2 is 1.82 bits per heavy atom. The molecule has 1 amide bonds. The number of morpholine rings is 1. The van der Waals surface area contributed by atoms with Gasteiger partial charge in [0.25, 0.3) is 5.91 Å². The molecule has 2 aromatic rings. The van der Waals surface area contributed by atoms with Gasteiger partial charge in [0.1, 0.15) is 0 Å². The van der Waals surface area contributed by atoms with Gasteiger partial charge in [0, 0.05) is 24.5 Å². The number of carbonyl (C=O) groups is 2. The number of aryl methyl sites for hydroxylation is 2. The molecule has 0 unspecified atom stereocenters. The van der Waals surface area contributed by atoms with E-state index < -0.39 is 30.2 Å². The molecular weight excluding hydrogens is 461 g/mol. The zero-order chi connectivity index (χ0) is 24.0. The van der Waals surface area contributed by atoms with Crippen LogP contribution in [0.2, 0.25) is 0 Å². The number of alkyl halides is 3. The van der Waals surface area contributed by atoms with Gasteiger partial charge in [-0.15, -0.1) is 0 Å². The number of benzene rings is 1. The lowest BCUT2D eigenvalue weighted by Crippen LogP contribution is -2.37. The molecule has 0 saturated carbocycles. The zero-order valence-corrected chi connectivity index (χ0v) is 18.9. The van der Waals surface area contributed by atoms with Crippen molar-refractivity contribution >= 4 is 35.0 Å². The molecule has 1 N–H and O–H groups in total. The van der Waals surface area contributed by atoms with Gasteiger partial charge in [0.15, 0.2) is 11.8 Å². The van der Waals surface area contributed by atoms with E-state index in [2.05, 4.69) is 15.3 Å². The van der Waals surface area contributed by atoms with E-state index in [4.69, 9.17) is 9.47 Å². The molecule has 1 fully saturated rings. The van der Waals surface area contributed by atoms with E-state index in [0.29, 0.717) is 37.1 Å². The number of hydrogen-bond acceptors (Lipinski definition) is 8. The summed E-state index contributed by atoms with van der Waals surface area (Å²) in [6.45, 7) is 4.77. The third-order valence-electron chi connectivity index (χ3n) is 4.59. The minimum absolute atomic E-state index is 0.00853. The lowest BCUT2D eigenvalue weighted by atomic mass is 10.1. The number of ether oxygens (including phenoxy) is 2. The Kier molecular flexibility index (Phi) is 8.14. The van der Waals surface area contributed by atoms with Crippen molar-refractivity contribution in [1.82, 2.24) is 9.97 Å². The highest BCUT2D eigenvalue weighted by atomic mass is 32.2. The highest BCUT2D eigenvalue weighted by Gasteiger charge is 2.32. The maximum absolute atomic E-state index is 13.2. The van der Waals surface area contributed by atoms with E-state index >= 15 is 0 Å². The van der Waals surface area contributed by atoms with Crippen LogP contribution < -0.4 is 10.2 Å². The van der Waals surface area contributed by atoms with Gasteiger partial charge in [0.2, 0.25) is 0 Å². The van der Waals surface area contributed by atoms with E-state index in [1.54, 1.807) is 19.9 Å². The second-order valence-electron chi connectivity index (χ2n) is 7.26. The average Bonchev–Trinajstić information content (AvgIpc) is 2.75. The molecule has 178 valence electrons. The molecular formula is C21H23F3N4O4S. The first-order valence-corrected chi connectivity index (χ1v) is 11.0. The molecule has 1 aromatic heterocycles. The van der Waals surface area contributed by atoms with Crippen LogP contribution in [0.25, 0.3) is 0 Å². The number of anilines is 2. The number of rotatable bonds is 7. The number of amides is 1. The van der Waals surface area contributed by atoms with E-state index in [-0.39, 0.29) is 11.4 Å². The Balaban J connectivity index is 1.60. The lowest BCUT2D eigenvalue weighted by molar-refractivity contribution is -0.144. The maximum atomic E-state index is 13.2. The van der Waals surface area contributed by atoms with Crippen LogP contribution in [-0.4, -0.2) is 60.5 Å². The summed E-state index contributed by atoms with van der Waals surface area (Å²) < 4.78 is 49.8. The second kappa shape index (κ2) is 10.8. The first kappa shape index (κ1) is 24.8. The predicted molar refractivity (Wildman–Crippen MR) is 116 cm³/mol. The Labute approximate surface area is 192 Å². The van der Waals surface area contributed by atoms with Crippen LogP contribution in [0.1, 0.15) is 17.0 Å². The summed E-state index contributed by atoms with van der Waals surface area (Å²) in [5, 5.41) is 2.84. The average molecular weight is 485 g/mol. The van der Waals surface area contributed by atoms with Crippen molar-refractivity contribution in [3.05, 3.63) is 41.2 Å². The molecule has 1 aromatic carbocycles. The molecule has 2 heterocycles. The molecule has 0 atom stereocenters. The van der Waals surface area contributed by atoms with Crippen molar-refractivity contribution < 1.29 is 32.2 Å². The summed E-state index contributed by atoms with van der Waals surface area (Å²) >= 11 is 1.07. The Bertz CT molecular complexity index is 993. The fraction of sp³-hybridized carbons (Fsp3) is 0.429. The fourth-order valence-electron chi connectivity index (χ4n) is 3.15. The summed E-state index contributed by atoms with van der Waals surface area (Å²) in [4.78, 5) is 34.5. The van der Waals surface area contributed by atoms with E-state index in [1.165, 1.54) is 6.07 Å². The molecule has 1 aliphatic rings. The van der Waals surface area contributed by atoms with Crippen LogP contribution in [0.5, 0.6) is 0 Å². The maximum Gasteiger partial charge on any atom is 0.416 e. The second-order valence-corrected chi connectivity index (χ2v) is 8.20. The van der Waals surface area contributed by atoms with E-state index in [1.807, 2.05) is 4.90 Å². The largest absolute Gasteiger partial charge is 0.455 e. The predicted octanol–water partition coefficient (Wildman–Crippen LogP) is 3.22. The fourth-order valence-corrected chi connectivity index (χ4v) is 3.90. The third kappa shape index (κ3) is 7.32. The number of halogens is 3. The smallest absolute Gasteiger partial charge is 0.416 e. The number of esters is 1. The Hall–Kier alpha value is -2.86. The molecule has 12 heteroatoms. The highest BCUT2D eigenvalue weighted by molar-refractivity contribution is 7.99. The number of thioether (sulfide) groups is 1. The molecule has 1 saturated heterocycles. The van der Waals surface area contributed by atoms with Gasteiger partial charge in [-0.1, -0.05) is 11.8 Å².